The molecule has 0 bridgehead atoms. The molecule has 178 valence electrons. The predicted molar refractivity (Wildman–Crippen MR) is 134 cm³/mol. The lowest BCUT2D eigenvalue weighted by Crippen LogP contribution is -2.26. The first-order chi connectivity index (χ1) is 17.0. The van der Waals surface area contributed by atoms with Crippen LogP contribution < -0.4 is 14.8 Å². The van der Waals surface area contributed by atoms with E-state index in [1.54, 1.807) is 74.7 Å². The quantitative estimate of drug-likeness (QED) is 0.343. The lowest BCUT2D eigenvalue weighted by Gasteiger charge is -2.20. The van der Waals surface area contributed by atoms with E-state index >= 15 is 0 Å². The summed E-state index contributed by atoms with van der Waals surface area (Å²) in [6, 6.07) is 23.1. The maximum Gasteiger partial charge on any atom is 0.341 e. The van der Waals surface area contributed by atoms with Gasteiger partial charge in [-0.3, -0.25) is 9.78 Å². The number of anilines is 1. The van der Waals surface area contributed by atoms with E-state index in [4.69, 9.17) is 14.2 Å². The van der Waals surface area contributed by atoms with Crippen LogP contribution in [-0.2, 0) is 9.53 Å². The number of carbonyl (C=O) groups excluding carboxylic acids is 2. The summed E-state index contributed by atoms with van der Waals surface area (Å²) in [5.74, 6) is 0.0713. The molecule has 1 heterocycles. The number of methoxy groups -OCH3 is 1. The van der Waals surface area contributed by atoms with E-state index in [2.05, 4.69) is 10.3 Å². The summed E-state index contributed by atoms with van der Waals surface area (Å²) < 4.78 is 16.6. The van der Waals surface area contributed by atoms with Crippen LogP contribution in [0.2, 0.25) is 0 Å². The third-order valence-corrected chi connectivity index (χ3v) is 5.45. The Kier molecular flexibility index (Phi) is 7.26. The highest BCUT2D eigenvalue weighted by Crippen LogP contribution is 2.28. The lowest BCUT2D eigenvalue weighted by atomic mass is 10.1. The normalized spacial score (nSPS) is 11.5. The summed E-state index contributed by atoms with van der Waals surface area (Å²) in [4.78, 5) is 31.1. The number of ether oxygens (including phenoxy) is 3. The third kappa shape index (κ3) is 5.41. The molecule has 1 N–H and O–H groups in total. The van der Waals surface area contributed by atoms with Crippen molar-refractivity contribution in [2.24, 2.45) is 0 Å². The first kappa shape index (κ1) is 23.8. The second-order valence-electron chi connectivity index (χ2n) is 7.79. The number of rotatable bonds is 8. The predicted octanol–water partition coefficient (Wildman–Crippen LogP) is 5.49. The molecule has 0 saturated carbocycles. The number of esters is 1. The number of hydrogen-bond donors (Lipinski definition) is 1. The van der Waals surface area contributed by atoms with Gasteiger partial charge in [-0.15, -0.1) is 0 Å². The Bertz CT molecular complexity index is 1350. The number of aromatic nitrogens is 1. The highest BCUT2D eigenvalue weighted by molar-refractivity contribution is 6.00. The van der Waals surface area contributed by atoms with Gasteiger partial charge in [0.05, 0.1) is 36.2 Å². The van der Waals surface area contributed by atoms with E-state index in [0.717, 1.165) is 5.39 Å². The van der Waals surface area contributed by atoms with Crippen molar-refractivity contribution in [2.75, 3.05) is 19.0 Å². The molecule has 0 radical (unpaired) electrons. The average Bonchev–Trinajstić information content (AvgIpc) is 2.88. The second-order valence-corrected chi connectivity index (χ2v) is 7.79. The van der Waals surface area contributed by atoms with Crippen LogP contribution in [0.4, 0.5) is 5.69 Å². The maximum absolute atomic E-state index is 13.3. The van der Waals surface area contributed by atoms with Crippen molar-refractivity contribution in [3.8, 4) is 11.5 Å². The van der Waals surface area contributed by atoms with E-state index in [0.29, 0.717) is 40.6 Å². The van der Waals surface area contributed by atoms with Gasteiger partial charge in [0.25, 0.3) is 5.91 Å². The number of nitrogens with one attached hydrogen (secondary N) is 1. The minimum atomic E-state index is -1.18. The van der Waals surface area contributed by atoms with Crippen LogP contribution in [0.1, 0.15) is 34.6 Å². The highest BCUT2D eigenvalue weighted by atomic mass is 16.5. The molecule has 1 amide bonds. The van der Waals surface area contributed by atoms with Crippen molar-refractivity contribution >= 4 is 28.5 Å². The number of hydrogen-bond acceptors (Lipinski definition) is 6. The molecule has 4 aromatic rings. The van der Waals surface area contributed by atoms with Gasteiger partial charge < -0.3 is 19.5 Å². The maximum atomic E-state index is 13.3. The van der Waals surface area contributed by atoms with Gasteiger partial charge >= 0.3 is 5.97 Å². The van der Waals surface area contributed by atoms with Crippen molar-refractivity contribution in [1.82, 2.24) is 4.98 Å². The molecule has 3 aromatic carbocycles. The summed E-state index contributed by atoms with van der Waals surface area (Å²) in [6.45, 7) is 4.04. The molecular formula is C28H26N2O5. The van der Waals surface area contributed by atoms with Crippen molar-refractivity contribution in [1.29, 1.82) is 0 Å². The van der Waals surface area contributed by atoms with Crippen LogP contribution >= 0.6 is 0 Å². The fraction of sp³-hybridized carbons (Fsp3) is 0.179. The van der Waals surface area contributed by atoms with E-state index in [-0.39, 0.29) is 5.56 Å². The Morgan fingerprint density at radius 3 is 2.46 bits per heavy atom. The van der Waals surface area contributed by atoms with E-state index in [9.17, 15) is 9.59 Å². The molecule has 0 fully saturated rings. The van der Waals surface area contributed by atoms with Gasteiger partial charge in [-0.25, -0.2) is 4.79 Å². The fourth-order valence-corrected chi connectivity index (χ4v) is 3.70. The molecule has 35 heavy (non-hydrogen) atoms. The highest BCUT2D eigenvalue weighted by Gasteiger charge is 2.27. The minimum Gasteiger partial charge on any atom is -0.497 e. The molecular weight excluding hydrogens is 444 g/mol. The van der Waals surface area contributed by atoms with Crippen LogP contribution in [0.15, 0.2) is 78.9 Å². The van der Waals surface area contributed by atoms with Gasteiger partial charge in [-0.1, -0.05) is 42.5 Å². The zero-order chi connectivity index (χ0) is 24.8. The zero-order valence-corrected chi connectivity index (χ0v) is 19.8. The topological polar surface area (TPSA) is 86.8 Å². The molecule has 1 unspecified atom stereocenters. The van der Waals surface area contributed by atoms with E-state index in [1.165, 1.54) is 0 Å². The smallest absolute Gasteiger partial charge is 0.341 e. The summed E-state index contributed by atoms with van der Waals surface area (Å²) in [6.07, 6.45) is -1.18. The van der Waals surface area contributed by atoms with Crippen LogP contribution in [0.5, 0.6) is 11.5 Å². The SMILES string of the molecule is CCOc1ccccc1NC(=O)C(OC(=O)c1cc2ccc(OC)cc2nc1C)c1ccccc1. The van der Waals surface area contributed by atoms with Gasteiger partial charge in [0.15, 0.2) is 0 Å². The third-order valence-electron chi connectivity index (χ3n) is 5.45. The Hall–Kier alpha value is -4.39. The lowest BCUT2D eigenvalue weighted by molar-refractivity contribution is -0.125. The summed E-state index contributed by atoms with van der Waals surface area (Å²) in [5.41, 5.74) is 2.51. The van der Waals surface area contributed by atoms with Crippen LogP contribution in [0.25, 0.3) is 10.9 Å². The fourth-order valence-electron chi connectivity index (χ4n) is 3.70. The number of pyridine rings is 1. The molecule has 1 aromatic heterocycles. The molecule has 0 saturated heterocycles. The Balaban J connectivity index is 1.64. The number of nitrogens with zero attached hydrogens (tertiary/aromatic N) is 1. The average molecular weight is 471 g/mol. The Morgan fingerprint density at radius 2 is 1.71 bits per heavy atom. The van der Waals surface area contributed by atoms with Crippen LogP contribution in [0, 0.1) is 6.92 Å². The number of para-hydroxylation sites is 2. The van der Waals surface area contributed by atoms with E-state index < -0.39 is 18.0 Å². The van der Waals surface area contributed by atoms with Crippen molar-refractivity contribution in [2.45, 2.75) is 20.0 Å². The summed E-state index contributed by atoms with van der Waals surface area (Å²) in [7, 11) is 1.58. The zero-order valence-electron chi connectivity index (χ0n) is 19.8. The molecule has 4 rings (SSSR count). The number of fused-ring (bicyclic) bond motifs is 1. The molecule has 1 atom stereocenters. The molecule has 7 nitrogen and oxygen atoms in total. The van der Waals surface area contributed by atoms with Crippen molar-refractivity contribution in [3.63, 3.8) is 0 Å². The largest absolute Gasteiger partial charge is 0.497 e. The van der Waals surface area contributed by atoms with Gasteiger partial charge in [0.2, 0.25) is 6.10 Å². The summed E-state index contributed by atoms with van der Waals surface area (Å²) in [5, 5.41) is 3.60. The monoisotopic (exact) mass is 470 g/mol. The number of carbonyl (C=O) groups is 2. The molecule has 0 aliphatic rings. The van der Waals surface area contributed by atoms with Crippen molar-refractivity contribution < 1.29 is 23.8 Å². The molecule has 0 aliphatic heterocycles. The van der Waals surface area contributed by atoms with E-state index in [1.807, 2.05) is 25.1 Å². The molecule has 0 aliphatic carbocycles. The second kappa shape index (κ2) is 10.7. The van der Waals surface area contributed by atoms with Gasteiger partial charge in [-0.2, -0.15) is 0 Å². The number of benzene rings is 3. The molecule has 7 heteroatoms. The first-order valence-corrected chi connectivity index (χ1v) is 11.2. The van der Waals surface area contributed by atoms with Gasteiger partial charge in [0, 0.05) is 17.0 Å². The Morgan fingerprint density at radius 1 is 0.971 bits per heavy atom. The Labute approximate surface area is 203 Å². The van der Waals surface area contributed by atoms with Crippen LogP contribution in [0.3, 0.4) is 0 Å². The van der Waals surface area contributed by atoms with Crippen molar-refractivity contribution in [3.05, 3.63) is 95.7 Å². The first-order valence-electron chi connectivity index (χ1n) is 11.2. The molecule has 0 spiro atoms. The number of aryl methyl sites for hydroxylation is 1. The van der Waals surface area contributed by atoms with Crippen LogP contribution in [-0.4, -0.2) is 30.6 Å². The van der Waals surface area contributed by atoms with Gasteiger partial charge in [0.1, 0.15) is 11.5 Å². The standard InChI is InChI=1S/C28H26N2O5/c1-4-34-25-13-9-8-12-23(25)30-27(31)26(19-10-6-5-7-11-19)35-28(32)22-16-20-14-15-21(33-3)17-24(20)29-18(22)2/h5-17,26H,4H2,1-3H3,(H,30,31). The van der Waals surface area contributed by atoms with Gasteiger partial charge in [-0.05, 0) is 44.2 Å². The summed E-state index contributed by atoms with van der Waals surface area (Å²) >= 11 is 0. The number of amides is 1. The minimum absolute atomic E-state index is 0.283.